The average molecular weight is 492 g/mol. The lowest BCUT2D eigenvalue weighted by molar-refractivity contribution is -0.147. The SMILES string of the molecule is CCN(CC)c1ccc(C(=O)NNC(=O)COC(=O)CNC(=O)c2cccc(OC(F)F)c2)cc1. The lowest BCUT2D eigenvalue weighted by Gasteiger charge is -2.21. The predicted molar refractivity (Wildman–Crippen MR) is 122 cm³/mol. The van der Waals surface area contributed by atoms with Crippen molar-refractivity contribution in [2.75, 3.05) is 31.1 Å². The fourth-order valence-corrected chi connectivity index (χ4v) is 2.91. The molecule has 0 radical (unpaired) electrons. The van der Waals surface area contributed by atoms with E-state index in [2.05, 4.69) is 25.8 Å². The minimum atomic E-state index is -3.04. The van der Waals surface area contributed by atoms with Gasteiger partial charge in [0, 0.05) is 29.9 Å². The van der Waals surface area contributed by atoms with Crippen LogP contribution in [-0.2, 0) is 14.3 Å². The first-order valence-corrected chi connectivity index (χ1v) is 10.7. The number of hydrazine groups is 1. The molecule has 10 nitrogen and oxygen atoms in total. The van der Waals surface area contributed by atoms with Gasteiger partial charge in [-0.05, 0) is 56.3 Å². The highest BCUT2D eigenvalue weighted by Crippen LogP contribution is 2.16. The Morgan fingerprint density at radius 2 is 1.60 bits per heavy atom. The van der Waals surface area contributed by atoms with E-state index in [0.29, 0.717) is 5.56 Å². The molecule has 3 N–H and O–H groups in total. The monoisotopic (exact) mass is 492 g/mol. The van der Waals surface area contributed by atoms with Crippen LogP contribution in [0.2, 0.25) is 0 Å². The van der Waals surface area contributed by atoms with Gasteiger partial charge in [-0.3, -0.25) is 30.0 Å². The standard InChI is InChI=1S/C23H26F2N4O6/c1-3-29(4-2)17-10-8-15(9-11-17)22(33)28-27-19(30)14-34-20(31)13-26-21(32)16-6-5-7-18(12-16)35-23(24)25/h5-12,23H,3-4,13-14H2,1-2H3,(H,26,32)(H,27,30)(H,28,33). The highest BCUT2D eigenvalue weighted by Gasteiger charge is 2.14. The van der Waals surface area contributed by atoms with Crippen molar-refractivity contribution < 1.29 is 37.4 Å². The van der Waals surface area contributed by atoms with Crippen molar-refractivity contribution in [1.29, 1.82) is 0 Å². The smallest absolute Gasteiger partial charge is 0.387 e. The number of rotatable bonds is 11. The van der Waals surface area contributed by atoms with Gasteiger partial charge in [0.05, 0.1) is 0 Å². The number of hydrogen-bond donors (Lipinski definition) is 3. The molecule has 0 aromatic heterocycles. The zero-order valence-corrected chi connectivity index (χ0v) is 19.2. The third-order valence-corrected chi connectivity index (χ3v) is 4.65. The summed E-state index contributed by atoms with van der Waals surface area (Å²) in [4.78, 5) is 49.9. The van der Waals surface area contributed by atoms with Crippen LogP contribution in [0.25, 0.3) is 0 Å². The first-order valence-electron chi connectivity index (χ1n) is 10.7. The van der Waals surface area contributed by atoms with Crippen LogP contribution in [0.5, 0.6) is 5.75 Å². The molecular formula is C23H26F2N4O6. The molecule has 2 aromatic rings. The van der Waals surface area contributed by atoms with Crippen LogP contribution in [0.15, 0.2) is 48.5 Å². The van der Waals surface area contributed by atoms with E-state index in [0.717, 1.165) is 24.8 Å². The molecule has 0 atom stereocenters. The second kappa shape index (κ2) is 13.5. The van der Waals surface area contributed by atoms with Crippen molar-refractivity contribution in [3.63, 3.8) is 0 Å². The third kappa shape index (κ3) is 8.91. The van der Waals surface area contributed by atoms with Crippen LogP contribution in [0, 0.1) is 0 Å². The molecule has 0 aliphatic rings. The van der Waals surface area contributed by atoms with Gasteiger partial charge in [0.15, 0.2) is 6.61 Å². The first-order chi connectivity index (χ1) is 16.7. The van der Waals surface area contributed by atoms with E-state index >= 15 is 0 Å². The maximum Gasteiger partial charge on any atom is 0.387 e. The predicted octanol–water partition coefficient (Wildman–Crippen LogP) is 1.87. The molecule has 2 rings (SSSR count). The van der Waals surface area contributed by atoms with Crippen LogP contribution in [0.4, 0.5) is 14.5 Å². The molecule has 0 unspecified atom stereocenters. The number of carbonyl (C=O) groups is 4. The number of benzene rings is 2. The minimum Gasteiger partial charge on any atom is -0.454 e. The lowest BCUT2D eigenvalue weighted by Crippen LogP contribution is -2.44. The number of amides is 3. The van der Waals surface area contributed by atoms with E-state index < -0.39 is 43.5 Å². The Bertz CT molecular complexity index is 1030. The van der Waals surface area contributed by atoms with Gasteiger partial charge >= 0.3 is 12.6 Å². The summed E-state index contributed by atoms with van der Waals surface area (Å²) in [6, 6.07) is 11.8. The van der Waals surface area contributed by atoms with E-state index in [4.69, 9.17) is 4.74 Å². The molecule has 3 amide bonds. The molecule has 0 heterocycles. The van der Waals surface area contributed by atoms with Gasteiger partial charge in [-0.25, -0.2) is 0 Å². The van der Waals surface area contributed by atoms with Crippen LogP contribution in [0.3, 0.4) is 0 Å². The fourth-order valence-electron chi connectivity index (χ4n) is 2.91. The number of alkyl halides is 2. The molecule has 0 bridgehead atoms. The molecule has 0 fully saturated rings. The number of halogens is 2. The third-order valence-electron chi connectivity index (χ3n) is 4.65. The molecule has 0 aliphatic heterocycles. The Balaban J connectivity index is 1.72. The van der Waals surface area contributed by atoms with Crippen molar-refractivity contribution in [2.45, 2.75) is 20.5 Å². The topological polar surface area (TPSA) is 126 Å². The largest absolute Gasteiger partial charge is 0.454 e. The van der Waals surface area contributed by atoms with E-state index in [1.165, 1.54) is 18.2 Å². The maximum absolute atomic E-state index is 12.3. The zero-order chi connectivity index (χ0) is 25.8. The molecular weight excluding hydrogens is 466 g/mol. The number of anilines is 1. The number of esters is 1. The summed E-state index contributed by atoms with van der Waals surface area (Å²) in [5, 5.41) is 2.23. The summed E-state index contributed by atoms with van der Waals surface area (Å²) in [5.74, 6) is -3.22. The normalized spacial score (nSPS) is 10.3. The van der Waals surface area contributed by atoms with Gasteiger partial charge in [0.25, 0.3) is 17.7 Å². The summed E-state index contributed by atoms with van der Waals surface area (Å²) in [7, 11) is 0. The highest BCUT2D eigenvalue weighted by atomic mass is 19.3. The Morgan fingerprint density at radius 1 is 0.914 bits per heavy atom. The second-order valence-electron chi connectivity index (χ2n) is 6.97. The van der Waals surface area contributed by atoms with Crippen LogP contribution in [-0.4, -0.2) is 56.5 Å². The summed E-state index contributed by atoms with van der Waals surface area (Å²) in [6.07, 6.45) is 0. The average Bonchev–Trinajstić information content (AvgIpc) is 2.85. The van der Waals surface area contributed by atoms with Gasteiger partial charge < -0.3 is 19.7 Å². The molecule has 35 heavy (non-hydrogen) atoms. The van der Waals surface area contributed by atoms with E-state index in [1.807, 2.05) is 13.8 Å². The quantitative estimate of drug-likeness (QED) is 0.323. The molecule has 0 saturated heterocycles. The number of nitrogens with zero attached hydrogens (tertiary/aromatic N) is 1. The van der Waals surface area contributed by atoms with Crippen LogP contribution in [0.1, 0.15) is 34.6 Å². The molecule has 188 valence electrons. The van der Waals surface area contributed by atoms with Gasteiger partial charge in [0.2, 0.25) is 0 Å². The van der Waals surface area contributed by atoms with Crippen LogP contribution >= 0.6 is 0 Å². The Labute approximate surface area is 200 Å². The molecule has 12 heteroatoms. The summed E-state index contributed by atoms with van der Waals surface area (Å²) in [6.45, 7) is 1.37. The van der Waals surface area contributed by atoms with Crippen molar-refractivity contribution in [3.8, 4) is 5.75 Å². The van der Waals surface area contributed by atoms with Crippen molar-refractivity contribution in [1.82, 2.24) is 16.2 Å². The van der Waals surface area contributed by atoms with E-state index in [1.54, 1.807) is 24.3 Å². The first kappa shape index (κ1) is 27.0. The lowest BCUT2D eigenvalue weighted by atomic mass is 10.2. The van der Waals surface area contributed by atoms with Gasteiger partial charge in [-0.1, -0.05) is 6.07 Å². The number of carbonyl (C=O) groups excluding carboxylic acids is 4. The molecule has 0 spiro atoms. The van der Waals surface area contributed by atoms with E-state index in [9.17, 15) is 28.0 Å². The second-order valence-corrected chi connectivity index (χ2v) is 6.97. The van der Waals surface area contributed by atoms with Crippen LogP contribution < -0.4 is 25.8 Å². The summed E-state index contributed by atoms with van der Waals surface area (Å²) >= 11 is 0. The Morgan fingerprint density at radius 3 is 2.23 bits per heavy atom. The van der Waals surface area contributed by atoms with Gasteiger partial charge in [-0.15, -0.1) is 0 Å². The van der Waals surface area contributed by atoms with Gasteiger partial charge in [-0.2, -0.15) is 8.78 Å². The molecule has 0 saturated carbocycles. The number of hydrogen-bond acceptors (Lipinski definition) is 7. The van der Waals surface area contributed by atoms with Crippen molar-refractivity contribution in [2.24, 2.45) is 0 Å². The Kier molecular flexibility index (Phi) is 10.4. The molecule has 0 aliphatic carbocycles. The zero-order valence-electron chi connectivity index (χ0n) is 19.2. The van der Waals surface area contributed by atoms with Gasteiger partial charge in [0.1, 0.15) is 12.3 Å². The maximum atomic E-state index is 12.3. The van der Waals surface area contributed by atoms with Crippen molar-refractivity contribution >= 4 is 29.4 Å². The van der Waals surface area contributed by atoms with E-state index in [-0.39, 0.29) is 11.3 Å². The summed E-state index contributed by atoms with van der Waals surface area (Å²) in [5.41, 5.74) is 5.60. The van der Waals surface area contributed by atoms with Crippen molar-refractivity contribution in [3.05, 3.63) is 59.7 Å². The number of ether oxygens (including phenoxy) is 2. The fraction of sp³-hybridized carbons (Fsp3) is 0.304. The number of nitrogens with one attached hydrogen (secondary N) is 3. The molecule has 2 aromatic carbocycles. The highest BCUT2D eigenvalue weighted by molar-refractivity contribution is 5.97. The Hall–Kier alpha value is -4.22. The summed E-state index contributed by atoms with van der Waals surface area (Å²) < 4.78 is 33.5. The minimum absolute atomic E-state index is 0.0125.